The lowest BCUT2D eigenvalue weighted by Crippen LogP contribution is -2.32. The molecule has 0 heterocycles. The highest BCUT2D eigenvalue weighted by Crippen LogP contribution is 2.22. The molecule has 0 saturated carbocycles. The van der Waals surface area contributed by atoms with E-state index in [4.69, 9.17) is 28.6 Å². The number of halogens is 1. The van der Waals surface area contributed by atoms with E-state index in [2.05, 4.69) is 29.7 Å². The van der Waals surface area contributed by atoms with Crippen LogP contribution >= 0.6 is 23.8 Å². The molecule has 4 nitrogen and oxygen atoms in total. The smallest absolute Gasteiger partial charge is 0.339 e. The number of hydrogen-bond acceptors (Lipinski definition) is 3. The summed E-state index contributed by atoms with van der Waals surface area (Å²) in [4.78, 5) is 11.9. The molecule has 0 aromatic heterocycles. The Bertz CT molecular complexity index is 737. The maximum Gasteiger partial charge on any atom is 0.339 e. The molecule has 0 bridgehead atoms. The summed E-state index contributed by atoms with van der Waals surface area (Å²) in [6.07, 6.45) is 0.889. The normalized spacial score (nSPS) is 11.5. The van der Waals surface area contributed by atoms with Crippen molar-refractivity contribution in [1.29, 1.82) is 0 Å². The lowest BCUT2D eigenvalue weighted by Gasteiger charge is -2.20. The zero-order valence-corrected chi connectivity index (χ0v) is 15.8. The van der Waals surface area contributed by atoms with Crippen molar-refractivity contribution in [3.05, 3.63) is 64.7 Å². The highest BCUT2D eigenvalue weighted by molar-refractivity contribution is 7.80. The van der Waals surface area contributed by atoms with Gasteiger partial charge in [0, 0.05) is 5.69 Å². The van der Waals surface area contributed by atoms with E-state index in [9.17, 15) is 4.79 Å². The molecule has 0 saturated heterocycles. The lowest BCUT2D eigenvalue weighted by atomic mass is 10.1. The fraction of sp³-hybridized carbons (Fsp3) is 0.263. The molecule has 0 amide bonds. The minimum absolute atomic E-state index is 0.109. The van der Waals surface area contributed by atoms with Crippen molar-refractivity contribution in [3.8, 4) is 0 Å². The van der Waals surface area contributed by atoms with Crippen LogP contribution in [0.5, 0.6) is 0 Å². The topological polar surface area (TPSA) is 50.4 Å². The molecule has 0 radical (unpaired) electrons. The van der Waals surface area contributed by atoms with Gasteiger partial charge in [0.25, 0.3) is 0 Å². The molecule has 0 fully saturated rings. The second kappa shape index (κ2) is 9.39. The monoisotopic (exact) mass is 376 g/mol. The van der Waals surface area contributed by atoms with Gasteiger partial charge in [-0.3, -0.25) is 0 Å². The number of rotatable bonds is 6. The number of ether oxygens (including phenoxy) is 1. The minimum Gasteiger partial charge on any atom is -0.462 e. The third-order valence-corrected chi connectivity index (χ3v) is 4.18. The summed E-state index contributed by atoms with van der Waals surface area (Å²) in [6.45, 7) is 4.14. The third-order valence-electron chi connectivity index (χ3n) is 3.64. The van der Waals surface area contributed by atoms with E-state index >= 15 is 0 Å². The van der Waals surface area contributed by atoms with E-state index in [0.29, 0.717) is 28.0 Å². The van der Waals surface area contributed by atoms with E-state index in [1.165, 1.54) is 0 Å². The van der Waals surface area contributed by atoms with E-state index in [0.717, 1.165) is 12.0 Å². The summed E-state index contributed by atoms with van der Waals surface area (Å²) in [5, 5.41) is 7.21. The molecule has 132 valence electrons. The predicted molar refractivity (Wildman–Crippen MR) is 106 cm³/mol. The summed E-state index contributed by atoms with van der Waals surface area (Å²) < 4.78 is 5.01. The van der Waals surface area contributed by atoms with Gasteiger partial charge in [0.15, 0.2) is 5.11 Å². The van der Waals surface area contributed by atoms with Crippen LogP contribution in [0.15, 0.2) is 48.5 Å². The highest BCUT2D eigenvalue weighted by Gasteiger charge is 2.14. The summed E-state index contributed by atoms with van der Waals surface area (Å²) in [5.74, 6) is -0.453. The van der Waals surface area contributed by atoms with Crippen molar-refractivity contribution < 1.29 is 9.53 Å². The van der Waals surface area contributed by atoms with Crippen LogP contribution < -0.4 is 10.6 Å². The molecule has 0 aliphatic carbocycles. The molecule has 0 aliphatic rings. The first-order valence-electron chi connectivity index (χ1n) is 8.14. The Labute approximate surface area is 158 Å². The van der Waals surface area contributed by atoms with Gasteiger partial charge in [-0.15, -0.1) is 0 Å². The van der Waals surface area contributed by atoms with Crippen LogP contribution in [0.2, 0.25) is 5.02 Å². The van der Waals surface area contributed by atoms with Gasteiger partial charge in [-0.2, -0.15) is 0 Å². The van der Waals surface area contributed by atoms with Crippen molar-refractivity contribution in [3.63, 3.8) is 0 Å². The van der Waals surface area contributed by atoms with Crippen LogP contribution in [-0.4, -0.2) is 17.7 Å². The number of nitrogens with one attached hydrogen (secondary N) is 2. The Hall–Kier alpha value is -2.11. The van der Waals surface area contributed by atoms with E-state index in [1.54, 1.807) is 25.1 Å². The van der Waals surface area contributed by atoms with Crippen molar-refractivity contribution in [1.82, 2.24) is 5.32 Å². The second-order valence-electron chi connectivity index (χ2n) is 5.39. The van der Waals surface area contributed by atoms with Gasteiger partial charge in [0.1, 0.15) is 0 Å². The maximum atomic E-state index is 11.9. The first-order chi connectivity index (χ1) is 12.0. The van der Waals surface area contributed by atoms with Crippen LogP contribution in [0.3, 0.4) is 0 Å². The van der Waals surface area contributed by atoms with Crippen molar-refractivity contribution in [2.75, 3.05) is 11.9 Å². The fourth-order valence-corrected chi connectivity index (χ4v) is 2.85. The van der Waals surface area contributed by atoms with Crippen molar-refractivity contribution in [2.45, 2.75) is 26.3 Å². The Kier molecular flexibility index (Phi) is 7.22. The standard InChI is InChI=1S/C19H21ClN2O2S/c1-3-17(13-8-6-5-7-9-13)22-19(25)21-14-10-11-16(20)15(12-14)18(23)24-4-2/h5-12,17H,3-4H2,1-2H3,(H2,21,22,25). The molecular formula is C19H21ClN2O2S. The van der Waals surface area contributed by atoms with Crippen molar-refractivity contribution in [2.24, 2.45) is 0 Å². The molecule has 6 heteroatoms. The SMILES string of the molecule is CCOC(=O)c1cc(NC(=S)NC(CC)c2ccccc2)ccc1Cl. The van der Waals surface area contributed by atoms with Gasteiger partial charge in [-0.05, 0) is 49.3 Å². The number of esters is 1. The van der Waals surface area contributed by atoms with Gasteiger partial charge in [-0.25, -0.2) is 4.79 Å². The Morgan fingerprint density at radius 1 is 1.20 bits per heavy atom. The molecule has 2 N–H and O–H groups in total. The van der Waals surface area contributed by atoms with Crippen LogP contribution in [0.4, 0.5) is 5.69 Å². The zero-order valence-electron chi connectivity index (χ0n) is 14.2. The lowest BCUT2D eigenvalue weighted by molar-refractivity contribution is 0.0526. The van der Waals surface area contributed by atoms with Gasteiger partial charge in [0.2, 0.25) is 0 Å². The van der Waals surface area contributed by atoms with Gasteiger partial charge in [-0.1, -0.05) is 48.9 Å². The van der Waals surface area contributed by atoms with E-state index < -0.39 is 5.97 Å². The van der Waals surface area contributed by atoms with Gasteiger partial charge in [0.05, 0.1) is 23.2 Å². The average Bonchev–Trinajstić information content (AvgIpc) is 2.62. The summed E-state index contributed by atoms with van der Waals surface area (Å²) in [5.41, 5.74) is 2.15. The molecule has 0 aliphatic heterocycles. The molecular weight excluding hydrogens is 356 g/mol. The minimum atomic E-state index is -0.453. The van der Waals surface area contributed by atoms with Gasteiger partial charge < -0.3 is 15.4 Å². The Morgan fingerprint density at radius 2 is 1.92 bits per heavy atom. The zero-order chi connectivity index (χ0) is 18.2. The molecule has 1 unspecified atom stereocenters. The molecule has 2 rings (SSSR count). The van der Waals surface area contributed by atoms with Crippen LogP contribution in [-0.2, 0) is 4.74 Å². The first-order valence-corrected chi connectivity index (χ1v) is 8.92. The van der Waals surface area contributed by atoms with Gasteiger partial charge >= 0.3 is 5.97 Å². The predicted octanol–water partition coefficient (Wildman–Crippen LogP) is 4.95. The molecule has 2 aromatic rings. The quantitative estimate of drug-likeness (QED) is 0.551. The average molecular weight is 377 g/mol. The van der Waals surface area contributed by atoms with Crippen LogP contribution in [0.1, 0.15) is 42.2 Å². The number of anilines is 1. The largest absolute Gasteiger partial charge is 0.462 e. The fourth-order valence-electron chi connectivity index (χ4n) is 2.40. The number of carbonyl (C=O) groups excluding carboxylic acids is 1. The number of carbonyl (C=O) groups is 1. The summed E-state index contributed by atoms with van der Waals surface area (Å²) in [7, 11) is 0. The number of hydrogen-bond donors (Lipinski definition) is 2. The van der Waals surface area contributed by atoms with E-state index in [1.807, 2.05) is 18.2 Å². The second-order valence-corrected chi connectivity index (χ2v) is 6.20. The highest BCUT2D eigenvalue weighted by atomic mass is 35.5. The first kappa shape index (κ1) is 19.2. The number of thiocarbonyl (C=S) groups is 1. The summed E-state index contributed by atoms with van der Waals surface area (Å²) in [6, 6.07) is 15.3. The molecule has 0 spiro atoms. The summed E-state index contributed by atoms with van der Waals surface area (Å²) >= 11 is 11.5. The molecule has 1 atom stereocenters. The van der Waals surface area contributed by atoms with Crippen LogP contribution in [0.25, 0.3) is 0 Å². The molecule has 25 heavy (non-hydrogen) atoms. The third kappa shape index (κ3) is 5.44. The van der Waals surface area contributed by atoms with Crippen LogP contribution in [0, 0.1) is 0 Å². The number of benzene rings is 2. The molecule has 2 aromatic carbocycles. The Morgan fingerprint density at radius 3 is 2.56 bits per heavy atom. The van der Waals surface area contributed by atoms with Crippen molar-refractivity contribution >= 4 is 40.6 Å². The Balaban J connectivity index is 2.07. The van der Waals surface area contributed by atoms with E-state index in [-0.39, 0.29) is 6.04 Å². The maximum absolute atomic E-state index is 11.9.